The van der Waals surface area contributed by atoms with Crippen LogP contribution in [0.3, 0.4) is 0 Å². The van der Waals surface area contributed by atoms with E-state index in [4.69, 9.17) is 0 Å². The quantitative estimate of drug-likeness (QED) is 0.174. The summed E-state index contributed by atoms with van der Waals surface area (Å²) in [7, 11) is 0. The first-order chi connectivity index (χ1) is 24.7. The Morgan fingerprint density at radius 2 is 0.882 bits per heavy atom. The van der Waals surface area contributed by atoms with Gasteiger partial charge < -0.3 is 4.90 Å². The second-order valence-electron chi connectivity index (χ2n) is 15.2. The van der Waals surface area contributed by atoms with Gasteiger partial charge in [0.25, 0.3) is 0 Å². The zero-order valence-electron chi connectivity index (χ0n) is 29.1. The zero-order valence-corrected chi connectivity index (χ0v) is 31.5. The summed E-state index contributed by atoms with van der Waals surface area (Å²) in [4.78, 5) is 2.58. The molecule has 0 spiro atoms. The van der Waals surface area contributed by atoms with E-state index in [1.165, 1.54) is 92.9 Å². The lowest BCUT2D eigenvalue weighted by Gasteiger charge is -2.50. The van der Waals surface area contributed by atoms with Crippen LogP contribution in [0.4, 0.5) is 17.1 Å². The van der Waals surface area contributed by atoms with Crippen molar-refractivity contribution in [3.05, 3.63) is 172 Å². The Kier molecular flexibility index (Phi) is 6.66. The summed E-state index contributed by atoms with van der Waals surface area (Å²) in [5.74, 6) is 0. The van der Waals surface area contributed by atoms with Crippen molar-refractivity contribution in [3.8, 4) is 33.4 Å². The second-order valence-corrected chi connectivity index (χ2v) is 17.2. The van der Waals surface area contributed by atoms with Crippen LogP contribution >= 0.6 is 27.3 Å². The van der Waals surface area contributed by atoms with E-state index in [-0.39, 0.29) is 10.8 Å². The van der Waals surface area contributed by atoms with Gasteiger partial charge in [-0.05, 0) is 122 Å². The summed E-state index contributed by atoms with van der Waals surface area (Å²) in [5, 5.41) is 2.62. The summed E-state index contributed by atoms with van der Waals surface area (Å²) in [6.07, 6.45) is 0. The van der Waals surface area contributed by atoms with Gasteiger partial charge in [-0.25, -0.2) is 0 Å². The average Bonchev–Trinajstić information content (AvgIpc) is 3.52. The van der Waals surface area contributed by atoms with Crippen molar-refractivity contribution < 1.29 is 0 Å². The highest BCUT2D eigenvalue weighted by Crippen LogP contribution is 2.61. The Morgan fingerprint density at radius 1 is 0.431 bits per heavy atom. The fourth-order valence-corrected chi connectivity index (χ4v) is 10.1. The molecule has 2 aliphatic rings. The van der Waals surface area contributed by atoms with Crippen LogP contribution in [-0.4, -0.2) is 0 Å². The van der Waals surface area contributed by atoms with Gasteiger partial charge in [0.1, 0.15) is 0 Å². The van der Waals surface area contributed by atoms with E-state index >= 15 is 0 Å². The number of thiophene rings is 1. The van der Waals surface area contributed by atoms with Crippen LogP contribution in [-0.2, 0) is 10.8 Å². The molecule has 0 N–H and O–H groups in total. The Labute approximate surface area is 312 Å². The number of anilines is 3. The largest absolute Gasteiger partial charge is 0.309 e. The lowest BCUT2D eigenvalue weighted by molar-refractivity contribution is 0.598. The third-order valence-electron chi connectivity index (χ3n) is 11.5. The van der Waals surface area contributed by atoms with Crippen molar-refractivity contribution in [1.82, 2.24) is 0 Å². The molecule has 0 atom stereocenters. The van der Waals surface area contributed by atoms with E-state index in [2.05, 4.69) is 194 Å². The summed E-state index contributed by atoms with van der Waals surface area (Å²) in [5.41, 5.74) is 16.3. The molecule has 0 bridgehead atoms. The van der Waals surface area contributed by atoms with Crippen molar-refractivity contribution >= 4 is 64.5 Å². The average molecular weight is 739 g/mol. The number of nitrogens with zero attached hydrogens (tertiary/aromatic N) is 1. The predicted molar refractivity (Wildman–Crippen MR) is 222 cm³/mol. The van der Waals surface area contributed by atoms with Crippen molar-refractivity contribution in [2.24, 2.45) is 0 Å². The van der Waals surface area contributed by atoms with Gasteiger partial charge in [0.05, 0.1) is 17.1 Å². The van der Waals surface area contributed by atoms with E-state index in [9.17, 15) is 0 Å². The third-order valence-corrected chi connectivity index (χ3v) is 13.1. The Hall–Kier alpha value is -4.96. The minimum Gasteiger partial charge on any atom is -0.309 e. The molecule has 1 nitrogen and oxygen atoms in total. The summed E-state index contributed by atoms with van der Waals surface area (Å²) < 4.78 is 3.76. The highest BCUT2D eigenvalue weighted by atomic mass is 79.9. The molecule has 0 aliphatic carbocycles. The number of benzene rings is 7. The van der Waals surface area contributed by atoms with Gasteiger partial charge >= 0.3 is 0 Å². The third kappa shape index (κ3) is 4.58. The smallest absolute Gasteiger partial charge is 0.0544 e. The fourth-order valence-electron chi connectivity index (χ4n) is 8.67. The molecule has 8 aromatic rings. The molecule has 7 aromatic carbocycles. The number of halogens is 1. The number of hydrogen-bond donors (Lipinski definition) is 0. The van der Waals surface area contributed by atoms with Gasteiger partial charge in [-0.1, -0.05) is 122 Å². The summed E-state index contributed by atoms with van der Waals surface area (Å²) >= 11 is 5.60. The number of hydrogen-bond acceptors (Lipinski definition) is 2. The van der Waals surface area contributed by atoms with Crippen molar-refractivity contribution in [2.45, 2.75) is 38.5 Å². The van der Waals surface area contributed by atoms with Crippen LogP contribution in [0.5, 0.6) is 0 Å². The molecule has 10 rings (SSSR count). The van der Waals surface area contributed by atoms with Crippen molar-refractivity contribution in [1.29, 1.82) is 0 Å². The van der Waals surface area contributed by atoms with E-state index in [0.29, 0.717) is 0 Å². The molecular weight excluding hydrogens is 703 g/mol. The minimum absolute atomic E-state index is 0.238. The summed E-state index contributed by atoms with van der Waals surface area (Å²) in [6, 6.07) is 54.5. The Morgan fingerprint density at radius 3 is 1.43 bits per heavy atom. The van der Waals surface area contributed by atoms with Crippen LogP contribution in [0.25, 0.3) is 53.6 Å². The van der Waals surface area contributed by atoms with Gasteiger partial charge in [0, 0.05) is 35.5 Å². The molecule has 246 valence electrons. The molecule has 3 heterocycles. The highest BCUT2D eigenvalue weighted by molar-refractivity contribution is 9.10. The van der Waals surface area contributed by atoms with E-state index < -0.39 is 0 Å². The Balaban J connectivity index is 1.25. The molecule has 2 aliphatic heterocycles. The van der Waals surface area contributed by atoms with Crippen LogP contribution in [0.1, 0.15) is 49.9 Å². The normalized spacial score (nSPS) is 15.0. The fraction of sp³-hybridized carbons (Fsp3) is 0.125. The monoisotopic (exact) mass is 737 g/mol. The molecule has 1 aromatic heterocycles. The van der Waals surface area contributed by atoms with Crippen molar-refractivity contribution in [3.63, 3.8) is 0 Å². The Bertz CT molecular complexity index is 2580. The first-order valence-electron chi connectivity index (χ1n) is 17.7. The maximum atomic E-state index is 3.73. The minimum atomic E-state index is -0.238. The molecule has 0 fully saturated rings. The van der Waals surface area contributed by atoms with Crippen molar-refractivity contribution in [2.75, 3.05) is 4.90 Å². The molecule has 0 unspecified atom stereocenters. The van der Waals surface area contributed by atoms with Gasteiger partial charge in [-0.2, -0.15) is 0 Å². The van der Waals surface area contributed by atoms with E-state index in [0.717, 1.165) is 4.47 Å². The van der Waals surface area contributed by atoms with Gasteiger partial charge in [-0.15, -0.1) is 11.3 Å². The first-order valence-corrected chi connectivity index (χ1v) is 19.3. The van der Waals surface area contributed by atoms with Crippen LogP contribution < -0.4 is 4.90 Å². The predicted octanol–water partition coefficient (Wildman–Crippen LogP) is 14.6. The highest BCUT2D eigenvalue weighted by Gasteiger charge is 2.46. The van der Waals surface area contributed by atoms with Crippen LogP contribution in [0, 0.1) is 0 Å². The summed E-state index contributed by atoms with van der Waals surface area (Å²) in [6.45, 7) is 9.69. The maximum absolute atomic E-state index is 3.73. The standard InChI is InChI=1S/C48H36BrNS/c1-47(2)38-24-32(29-11-7-5-8-12-29)15-19-42(38)50-43-20-16-33(30-13-9-6-10-14-30)25-39(43)48(3,4)41-27-34(26-40(47)46(41)50)31-17-21-44-36(23-31)37-28-35(49)18-22-45(37)51-44/h5-28H,1-4H3. The van der Waals surface area contributed by atoms with Crippen LogP contribution in [0.15, 0.2) is 150 Å². The maximum Gasteiger partial charge on any atom is 0.0544 e. The van der Waals surface area contributed by atoms with E-state index in [1.807, 2.05) is 11.3 Å². The number of rotatable bonds is 3. The molecule has 0 amide bonds. The number of fused-ring (bicyclic) bond motifs is 7. The second kappa shape index (κ2) is 11.0. The topological polar surface area (TPSA) is 3.24 Å². The molecule has 3 heteroatoms. The first kappa shape index (κ1) is 30.8. The lowest BCUT2D eigenvalue weighted by Crippen LogP contribution is -2.38. The zero-order chi connectivity index (χ0) is 34.6. The van der Waals surface area contributed by atoms with Gasteiger partial charge in [0.15, 0.2) is 0 Å². The molecule has 51 heavy (non-hydrogen) atoms. The van der Waals surface area contributed by atoms with Gasteiger partial charge in [0.2, 0.25) is 0 Å². The lowest BCUT2D eigenvalue weighted by atomic mass is 9.65. The van der Waals surface area contributed by atoms with E-state index in [1.54, 1.807) is 0 Å². The molecule has 0 saturated carbocycles. The molecular formula is C48H36BrNS. The molecule has 0 radical (unpaired) electrons. The SMILES string of the molecule is CC1(C)c2cc(-c3ccccc3)ccc2N2c3ccc(-c4ccccc4)cc3C(C)(C)c3cc(-c4ccc5sc6ccc(Br)cc6c5c4)cc1c32. The van der Waals surface area contributed by atoms with Crippen LogP contribution in [0.2, 0.25) is 0 Å². The molecule has 0 saturated heterocycles. The van der Waals surface area contributed by atoms with Gasteiger partial charge in [-0.3, -0.25) is 0 Å².